The number of aromatic hydroxyl groups is 1. The second-order valence-corrected chi connectivity index (χ2v) is 7.76. The summed E-state index contributed by atoms with van der Waals surface area (Å²) in [7, 11) is 1.48. The molecule has 2 N–H and O–H groups in total. The van der Waals surface area contributed by atoms with Crippen LogP contribution >= 0.6 is 0 Å². The van der Waals surface area contributed by atoms with E-state index >= 15 is 0 Å². The molecule has 3 rings (SSSR count). The summed E-state index contributed by atoms with van der Waals surface area (Å²) in [5, 5.41) is 20.9. The highest BCUT2D eigenvalue weighted by Crippen LogP contribution is 2.34. The van der Waals surface area contributed by atoms with Gasteiger partial charge in [0.1, 0.15) is 35.4 Å². The summed E-state index contributed by atoms with van der Waals surface area (Å²) in [6.07, 6.45) is 5.60. The summed E-state index contributed by atoms with van der Waals surface area (Å²) < 4.78 is 22.5. The normalized spacial score (nSPS) is 29.5. The highest BCUT2D eigenvalue weighted by molar-refractivity contribution is 5.97. The predicted molar refractivity (Wildman–Crippen MR) is 107 cm³/mol. The van der Waals surface area contributed by atoms with Crippen molar-refractivity contribution < 1.29 is 34.0 Å². The van der Waals surface area contributed by atoms with Crippen molar-refractivity contribution >= 4 is 12.0 Å². The van der Waals surface area contributed by atoms with E-state index in [0.29, 0.717) is 24.2 Å². The number of phenols is 1. The molecule has 2 aliphatic rings. The highest BCUT2D eigenvalue weighted by Gasteiger charge is 2.43. The van der Waals surface area contributed by atoms with Crippen LogP contribution in [0.3, 0.4) is 0 Å². The zero-order valence-electron chi connectivity index (χ0n) is 17.1. The van der Waals surface area contributed by atoms with E-state index < -0.39 is 30.1 Å². The van der Waals surface area contributed by atoms with Gasteiger partial charge in [0.25, 0.3) is 0 Å². The Morgan fingerprint density at radius 3 is 2.66 bits per heavy atom. The number of cyclic esters (lactones) is 1. The lowest BCUT2D eigenvalue weighted by atomic mass is 10.0. The average Bonchev–Trinajstić information content (AvgIpc) is 2.95. The minimum Gasteiger partial charge on any atom is -0.507 e. The molecule has 1 aromatic carbocycles. The van der Waals surface area contributed by atoms with Gasteiger partial charge >= 0.3 is 5.97 Å². The Kier molecular flexibility index (Phi) is 6.31. The zero-order chi connectivity index (χ0) is 21.2. The largest absolute Gasteiger partial charge is 0.507 e. The smallest absolute Gasteiger partial charge is 0.342 e. The number of aliphatic hydroxyl groups excluding tert-OH is 1. The van der Waals surface area contributed by atoms with Gasteiger partial charge in [-0.1, -0.05) is 24.3 Å². The first-order chi connectivity index (χ1) is 13.7. The van der Waals surface area contributed by atoms with Crippen molar-refractivity contribution in [2.24, 2.45) is 0 Å². The Bertz CT molecular complexity index is 812. The molecule has 0 aromatic heterocycles. The van der Waals surface area contributed by atoms with E-state index in [4.69, 9.17) is 18.9 Å². The van der Waals surface area contributed by atoms with E-state index in [2.05, 4.69) is 0 Å². The van der Waals surface area contributed by atoms with E-state index in [1.54, 1.807) is 45.1 Å². The van der Waals surface area contributed by atoms with Gasteiger partial charge in [-0.05, 0) is 38.8 Å². The second kappa shape index (κ2) is 8.57. The number of esters is 1. The fourth-order valence-electron chi connectivity index (χ4n) is 3.57. The Morgan fingerprint density at radius 2 is 1.93 bits per heavy atom. The van der Waals surface area contributed by atoms with Crippen LogP contribution in [0, 0.1) is 0 Å². The average molecular weight is 404 g/mol. The zero-order valence-corrected chi connectivity index (χ0v) is 17.1. The number of ether oxygens (including phenoxy) is 4. The molecule has 1 aromatic rings. The first kappa shape index (κ1) is 21.4. The van der Waals surface area contributed by atoms with Gasteiger partial charge in [-0.2, -0.15) is 0 Å². The standard InChI is InChI=1S/C22H28O7/c1-13-7-5-9-16(23)20-18(28-22(2,3)29-20)10-6-8-14-11-15(26-4)12-17(24)19(14)21(25)27-13/h5-6,8-9,11-13,16,18,20,23-24H,7,10H2,1-4H3/t13-,16-,18-,20+/m0/s1. The van der Waals surface area contributed by atoms with E-state index in [9.17, 15) is 15.0 Å². The minimum atomic E-state index is -0.850. The van der Waals surface area contributed by atoms with E-state index in [1.165, 1.54) is 13.2 Å². The Hall–Kier alpha value is -2.35. The maximum absolute atomic E-state index is 12.7. The van der Waals surface area contributed by atoms with E-state index in [1.807, 2.05) is 6.08 Å². The summed E-state index contributed by atoms with van der Waals surface area (Å²) in [5.74, 6) is -1.22. The number of rotatable bonds is 1. The molecule has 2 aliphatic heterocycles. The molecule has 0 spiro atoms. The first-order valence-corrected chi connectivity index (χ1v) is 9.69. The van der Waals surface area contributed by atoms with Gasteiger partial charge in [0.05, 0.1) is 13.2 Å². The third kappa shape index (κ3) is 4.98. The molecule has 0 saturated carbocycles. The molecule has 2 heterocycles. The maximum atomic E-state index is 12.7. The lowest BCUT2D eigenvalue weighted by Crippen LogP contribution is -2.34. The van der Waals surface area contributed by atoms with Crippen molar-refractivity contribution in [1.29, 1.82) is 0 Å². The summed E-state index contributed by atoms with van der Waals surface area (Å²) in [4.78, 5) is 12.7. The van der Waals surface area contributed by atoms with Gasteiger partial charge in [-0.25, -0.2) is 4.79 Å². The van der Waals surface area contributed by atoms with Crippen molar-refractivity contribution in [3.63, 3.8) is 0 Å². The Balaban J connectivity index is 1.99. The number of aliphatic hydroxyl groups is 1. The quantitative estimate of drug-likeness (QED) is 0.548. The molecular formula is C22H28O7. The first-order valence-electron chi connectivity index (χ1n) is 9.69. The van der Waals surface area contributed by atoms with Gasteiger partial charge in [0.15, 0.2) is 5.79 Å². The number of carbonyl (C=O) groups excluding carboxylic acids is 1. The van der Waals surface area contributed by atoms with Gasteiger partial charge in [0.2, 0.25) is 0 Å². The fraction of sp³-hybridized carbons (Fsp3) is 0.500. The number of benzene rings is 1. The van der Waals surface area contributed by atoms with Gasteiger partial charge in [-0.15, -0.1) is 0 Å². The Labute approximate surface area is 170 Å². The fourth-order valence-corrected chi connectivity index (χ4v) is 3.57. The van der Waals surface area contributed by atoms with Gasteiger partial charge < -0.3 is 29.2 Å². The molecule has 29 heavy (non-hydrogen) atoms. The summed E-state index contributed by atoms with van der Waals surface area (Å²) in [6, 6.07) is 3.04. The number of phenolic OH excluding ortho intramolecular Hbond substituents is 1. The molecule has 7 heteroatoms. The van der Waals surface area contributed by atoms with Crippen LogP contribution in [0.15, 0.2) is 30.4 Å². The second-order valence-electron chi connectivity index (χ2n) is 7.76. The van der Waals surface area contributed by atoms with E-state index in [-0.39, 0.29) is 17.4 Å². The van der Waals surface area contributed by atoms with Crippen molar-refractivity contribution in [3.05, 3.63) is 41.5 Å². The van der Waals surface area contributed by atoms with Crippen LogP contribution in [0.4, 0.5) is 0 Å². The third-order valence-electron chi connectivity index (χ3n) is 4.89. The molecule has 0 unspecified atom stereocenters. The summed E-state index contributed by atoms with van der Waals surface area (Å²) in [6.45, 7) is 5.36. The molecular weight excluding hydrogens is 376 g/mol. The molecule has 7 nitrogen and oxygen atoms in total. The number of hydrogen-bond donors (Lipinski definition) is 2. The topological polar surface area (TPSA) is 94.5 Å². The van der Waals surface area contributed by atoms with Crippen molar-refractivity contribution in [3.8, 4) is 11.5 Å². The van der Waals surface area contributed by atoms with Crippen LogP contribution in [0.5, 0.6) is 11.5 Å². The number of carbonyl (C=O) groups is 1. The molecule has 0 radical (unpaired) electrons. The minimum absolute atomic E-state index is 0.0791. The van der Waals surface area contributed by atoms with Crippen molar-refractivity contribution in [2.75, 3.05) is 7.11 Å². The lowest BCUT2D eigenvalue weighted by molar-refractivity contribution is -0.152. The molecule has 4 atom stereocenters. The predicted octanol–water partition coefficient (Wildman–Crippen LogP) is 3.19. The van der Waals surface area contributed by atoms with Crippen molar-refractivity contribution in [2.45, 2.75) is 63.8 Å². The molecule has 0 amide bonds. The number of methoxy groups -OCH3 is 1. The number of fused-ring (bicyclic) bond motifs is 2. The molecule has 0 aliphatic carbocycles. The van der Waals surface area contributed by atoms with Crippen LogP contribution in [-0.2, 0) is 14.2 Å². The van der Waals surface area contributed by atoms with Crippen LogP contribution in [0.25, 0.3) is 6.08 Å². The van der Waals surface area contributed by atoms with Crippen LogP contribution in [-0.4, -0.2) is 53.5 Å². The van der Waals surface area contributed by atoms with Gasteiger partial charge in [-0.3, -0.25) is 0 Å². The summed E-state index contributed by atoms with van der Waals surface area (Å²) in [5.41, 5.74) is 0.553. The van der Waals surface area contributed by atoms with Crippen LogP contribution in [0.1, 0.15) is 49.5 Å². The van der Waals surface area contributed by atoms with Crippen molar-refractivity contribution in [1.82, 2.24) is 0 Å². The number of hydrogen-bond acceptors (Lipinski definition) is 7. The molecule has 1 saturated heterocycles. The van der Waals surface area contributed by atoms with Gasteiger partial charge in [0, 0.05) is 12.5 Å². The lowest BCUT2D eigenvalue weighted by Gasteiger charge is -2.20. The molecule has 158 valence electrons. The third-order valence-corrected chi connectivity index (χ3v) is 4.89. The maximum Gasteiger partial charge on any atom is 0.342 e. The van der Waals surface area contributed by atoms with Crippen LogP contribution < -0.4 is 4.74 Å². The molecule has 1 fully saturated rings. The Morgan fingerprint density at radius 1 is 1.17 bits per heavy atom. The monoisotopic (exact) mass is 404 g/mol. The van der Waals surface area contributed by atoms with E-state index in [0.717, 1.165) is 0 Å². The SMILES string of the molecule is COc1cc(O)c2c(c1)C=CC[C@@H]1OC(C)(C)O[C@@H]1[C@@H](O)C=CC[C@H](C)OC2=O. The highest BCUT2D eigenvalue weighted by atomic mass is 16.8. The van der Waals surface area contributed by atoms with Crippen LogP contribution in [0.2, 0.25) is 0 Å². The summed E-state index contributed by atoms with van der Waals surface area (Å²) >= 11 is 0. The molecule has 0 bridgehead atoms.